The molecule has 1 aliphatic rings. The Morgan fingerprint density at radius 3 is 2.24 bits per heavy atom. The maximum atomic E-state index is 13.1. The van der Waals surface area contributed by atoms with Crippen LogP contribution in [-0.2, 0) is 9.59 Å². The second kappa shape index (κ2) is 11.3. The maximum absolute atomic E-state index is 13.1. The summed E-state index contributed by atoms with van der Waals surface area (Å²) in [5.74, 6) is -0.766. The molecule has 1 fully saturated rings. The van der Waals surface area contributed by atoms with Crippen LogP contribution in [0.25, 0.3) is 5.76 Å². The lowest BCUT2D eigenvalue weighted by molar-refractivity contribution is -0.140. The van der Waals surface area contributed by atoms with E-state index in [2.05, 4.69) is 18.7 Å². The predicted molar refractivity (Wildman–Crippen MR) is 130 cm³/mol. The van der Waals surface area contributed by atoms with E-state index < -0.39 is 17.7 Å². The monoisotopic (exact) mass is 470 g/mol. The highest BCUT2D eigenvalue weighted by Gasteiger charge is 2.45. The van der Waals surface area contributed by atoms with E-state index in [1.807, 2.05) is 31.2 Å². The van der Waals surface area contributed by atoms with Crippen molar-refractivity contribution in [1.82, 2.24) is 9.80 Å². The van der Waals surface area contributed by atoms with Gasteiger partial charge in [0.1, 0.15) is 11.5 Å². The number of ketones is 1. The first-order chi connectivity index (χ1) is 15.9. The molecule has 0 spiro atoms. The molecule has 1 heterocycles. The standard InChI is InChI=1S/C26H31ClN2O4/c1-4-17-33-21-13-9-18(10-14-21)23-22(24(30)19-7-11-20(27)12-8-19)25(31)26(32)29(23)16-15-28(5-2)6-3/h7-14,23,30H,4-6,15-17H2,1-3H3/b24-22+/t23-/m1/s1. The molecule has 2 aromatic rings. The minimum Gasteiger partial charge on any atom is -0.507 e. The van der Waals surface area contributed by atoms with E-state index >= 15 is 0 Å². The Labute approximate surface area is 200 Å². The zero-order valence-electron chi connectivity index (χ0n) is 19.4. The second-order valence-corrected chi connectivity index (χ2v) is 8.38. The van der Waals surface area contributed by atoms with Crippen molar-refractivity contribution in [2.45, 2.75) is 33.2 Å². The number of nitrogens with zero attached hydrogens (tertiary/aromatic N) is 2. The number of likely N-dealkylation sites (tertiary alicyclic amines) is 1. The number of aliphatic hydroxyl groups excluding tert-OH is 1. The molecule has 0 aliphatic carbocycles. The molecule has 0 aromatic heterocycles. The first-order valence-corrected chi connectivity index (χ1v) is 11.8. The highest BCUT2D eigenvalue weighted by Crippen LogP contribution is 2.39. The number of halogens is 1. The van der Waals surface area contributed by atoms with Gasteiger partial charge in [0.05, 0.1) is 18.2 Å². The molecule has 0 bridgehead atoms. The molecule has 0 unspecified atom stereocenters. The predicted octanol–water partition coefficient (Wildman–Crippen LogP) is 4.89. The van der Waals surface area contributed by atoms with Crippen LogP contribution in [0.4, 0.5) is 0 Å². The summed E-state index contributed by atoms with van der Waals surface area (Å²) in [5, 5.41) is 11.6. The lowest BCUT2D eigenvalue weighted by Crippen LogP contribution is -2.38. The maximum Gasteiger partial charge on any atom is 0.295 e. The van der Waals surface area contributed by atoms with E-state index in [0.29, 0.717) is 30.3 Å². The molecule has 3 rings (SSSR count). The molecule has 1 N–H and O–H groups in total. The molecular weight excluding hydrogens is 440 g/mol. The number of ether oxygens (including phenoxy) is 1. The van der Waals surface area contributed by atoms with E-state index in [-0.39, 0.29) is 11.3 Å². The van der Waals surface area contributed by atoms with Crippen LogP contribution in [0.15, 0.2) is 54.1 Å². The van der Waals surface area contributed by atoms with Gasteiger partial charge in [-0.05, 0) is 61.5 Å². The lowest BCUT2D eigenvalue weighted by Gasteiger charge is -2.28. The number of benzene rings is 2. The van der Waals surface area contributed by atoms with Gasteiger partial charge in [-0.2, -0.15) is 0 Å². The first kappa shape index (κ1) is 24.8. The Balaban J connectivity index is 2.04. The molecule has 6 nitrogen and oxygen atoms in total. The quantitative estimate of drug-likeness (QED) is 0.304. The summed E-state index contributed by atoms with van der Waals surface area (Å²) in [4.78, 5) is 29.9. The summed E-state index contributed by atoms with van der Waals surface area (Å²) < 4.78 is 5.68. The molecule has 2 aromatic carbocycles. The molecule has 1 atom stereocenters. The SMILES string of the molecule is CCCOc1ccc([C@@H]2/C(=C(\O)c3ccc(Cl)cc3)C(=O)C(=O)N2CCN(CC)CC)cc1. The van der Waals surface area contributed by atoms with Gasteiger partial charge in [0.25, 0.3) is 11.7 Å². The molecule has 176 valence electrons. The number of hydrogen-bond donors (Lipinski definition) is 1. The number of aliphatic hydroxyl groups is 1. The van der Waals surface area contributed by atoms with Crippen LogP contribution in [0.5, 0.6) is 5.75 Å². The number of carbonyl (C=O) groups excluding carboxylic acids is 2. The Morgan fingerprint density at radius 1 is 1.03 bits per heavy atom. The summed E-state index contributed by atoms with van der Waals surface area (Å²) >= 11 is 5.98. The Hall–Kier alpha value is -2.83. The van der Waals surface area contributed by atoms with Crippen molar-refractivity contribution in [2.75, 3.05) is 32.8 Å². The number of rotatable bonds is 10. The van der Waals surface area contributed by atoms with Gasteiger partial charge in [0.2, 0.25) is 0 Å². The third-order valence-corrected chi connectivity index (χ3v) is 6.13. The minimum atomic E-state index is -0.684. The van der Waals surface area contributed by atoms with Gasteiger partial charge in [0.15, 0.2) is 0 Å². The zero-order valence-corrected chi connectivity index (χ0v) is 20.1. The normalized spacial score (nSPS) is 17.7. The van der Waals surface area contributed by atoms with E-state index in [1.54, 1.807) is 29.2 Å². The van der Waals surface area contributed by atoms with Crippen molar-refractivity contribution in [3.8, 4) is 5.75 Å². The molecule has 1 aliphatic heterocycles. The van der Waals surface area contributed by atoms with Crippen molar-refractivity contribution in [1.29, 1.82) is 0 Å². The third-order valence-electron chi connectivity index (χ3n) is 5.88. The molecule has 0 saturated carbocycles. The lowest BCUT2D eigenvalue weighted by atomic mass is 9.95. The fraction of sp³-hybridized carbons (Fsp3) is 0.385. The third kappa shape index (κ3) is 5.57. The summed E-state index contributed by atoms with van der Waals surface area (Å²) in [7, 11) is 0. The second-order valence-electron chi connectivity index (χ2n) is 7.94. The van der Waals surface area contributed by atoms with Gasteiger partial charge in [-0.1, -0.05) is 44.5 Å². The average Bonchev–Trinajstić information content (AvgIpc) is 3.08. The fourth-order valence-corrected chi connectivity index (χ4v) is 4.10. The van der Waals surface area contributed by atoms with Crippen molar-refractivity contribution in [3.63, 3.8) is 0 Å². The molecule has 0 radical (unpaired) electrons. The molecular formula is C26H31ClN2O4. The zero-order chi connectivity index (χ0) is 24.0. The van der Waals surface area contributed by atoms with Crippen molar-refractivity contribution >= 4 is 29.1 Å². The van der Waals surface area contributed by atoms with E-state index in [9.17, 15) is 14.7 Å². The van der Waals surface area contributed by atoms with Crippen molar-refractivity contribution in [2.24, 2.45) is 0 Å². The Kier molecular flexibility index (Phi) is 8.53. The van der Waals surface area contributed by atoms with Crippen LogP contribution < -0.4 is 4.74 Å². The largest absolute Gasteiger partial charge is 0.507 e. The van der Waals surface area contributed by atoms with Gasteiger partial charge in [-0.15, -0.1) is 0 Å². The van der Waals surface area contributed by atoms with Gasteiger partial charge in [-0.25, -0.2) is 0 Å². The van der Waals surface area contributed by atoms with Crippen molar-refractivity contribution < 1.29 is 19.4 Å². The van der Waals surface area contributed by atoms with Gasteiger partial charge < -0.3 is 19.6 Å². The van der Waals surface area contributed by atoms with Crippen LogP contribution in [-0.4, -0.2) is 59.4 Å². The van der Waals surface area contributed by atoms with E-state index in [1.165, 1.54) is 0 Å². The molecule has 1 saturated heterocycles. The number of amides is 1. The number of likely N-dealkylation sites (N-methyl/N-ethyl adjacent to an activating group) is 1. The highest BCUT2D eigenvalue weighted by molar-refractivity contribution is 6.46. The van der Waals surface area contributed by atoms with Crippen LogP contribution in [0.1, 0.15) is 44.4 Å². The number of hydrogen-bond acceptors (Lipinski definition) is 5. The topological polar surface area (TPSA) is 70.1 Å². The molecule has 7 heteroatoms. The van der Waals surface area contributed by atoms with Crippen molar-refractivity contribution in [3.05, 3.63) is 70.3 Å². The number of Topliss-reactive ketones (excluding diaryl/α,β-unsaturated/α-hetero) is 1. The summed E-state index contributed by atoms with van der Waals surface area (Å²) in [6, 6.07) is 13.2. The smallest absolute Gasteiger partial charge is 0.295 e. The Bertz CT molecular complexity index is 998. The van der Waals surface area contributed by atoms with Crippen LogP contribution in [0.2, 0.25) is 5.02 Å². The fourth-order valence-electron chi connectivity index (χ4n) is 3.98. The summed E-state index contributed by atoms with van der Waals surface area (Å²) in [5.41, 5.74) is 1.27. The highest BCUT2D eigenvalue weighted by atomic mass is 35.5. The Morgan fingerprint density at radius 2 is 1.67 bits per heavy atom. The van der Waals surface area contributed by atoms with E-state index in [0.717, 1.165) is 30.8 Å². The summed E-state index contributed by atoms with van der Waals surface area (Å²) in [6.07, 6.45) is 0.897. The summed E-state index contributed by atoms with van der Waals surface area (Å²) in [6.45, 7) is 9.47. The minimum absolute atomic E-state index is 0.0871. The first-order valence-electron chi connectivity index (χ1n) is 11.4. The average molecular weight is 471 g/mol. The molecule has 1 amide bonds. The van der Waals surface area contributed by atoms with Gasteiger partial charge >= 0.3 is 0 Å². The van der Waals surface area contributed by atoms with Crippen LogP contribution in [0, 0.1) is 0 Å². The molecule has 33 heavy (non-hydrogen) atoms. The van der Waals surface area contributed by atoms with E-state index in [4.69, 9.17) is 16.3 Å². The van der Waals surface area contributed by atoms with Crippen LogP contribution >= 0.6 is 11.6 Å². The number of carbonyl (C=O) groups is 2. The van der Waals surface area contributed by atoms with Gasteiger partial charge in [0, 0.05) is 23.7 Å². The van der Waals surface area contributed by atoms with Crippen LogP contribution in [0.3, 0.4) is 0 Å². The van der Waals surface area contributed by atoms with Gasteiger partial charge in [-0.3, -0.25) is 9.59 Å².